The number of carboxylic acid groups (broad SMARTS) is 1. The van der Waals surface area contributed by atoms with Gasteiger partial charge in [-0.3, -0.25) is 4.79 Å². The zero-order chi connectivity index (χ0) is 14.9. The Hall–Kier alpha value is -1.85. The van der Waals surface area contributed by atoms with Gasteiger partial charge >= 0.3 is 5.97 Å². The molecule has 0 amide bonds. The molecule has 1 unspecified atom stereocenters. The molecule has 2 aliphatic rings. The third-order valence-electron chi connectivity index (χ3n) is 4.58. The number of carbonyl (C=O) groups is 1. The van der Waals surface area contributed by atoms with Crippen LogP contribution in [0.1, 0.15) is 32.6 Å². The highest BCUT2D eigenvalue weighted by Gasteiger charge is 2.41. The maximum Gasteiger partial charge on any atom is 0.311 e. The highest BCUT2D eigenvalue weighted by Crippen LogP contribution is 2.33. The van der Waals surface area contributed by atoms with Gasteiger partial charge in [0.15, 0.2) is 0 Å². The zero-order valence-electron chi connectivity index (χ0n) is 12.5. The maximum atomic E-state index is 11.3. The number of piperidine rings is 1. The summed E-state index contributed by atoms with van der Waals surface area (Å²) in [7, 11) is 0. The molecule has 3 heterocycles. The number of hydrogen-bond acceptors (Lipinski definition) is 5. The van der Waals surface area contributed by atoms with E-state index in [1.807, 2.05) is 13.0 Å². The minimum atomic E-state index is -0.727. The van der Waals surface area contributed by atoms with E-state index in [1.54, 1.807) is 6.20 Å². The molecule has 0 aromatic carbocycles. The molecule has 2 aliphatic heterocycles. The van der Waals surface area contributed by atoms with E-state index in [0.29, 0.717) is 13.0 Å². The summed E-state index contributed by atoms with van der Waals surface area (Å²) in [6.07, 6.45) is 6.09. The summed E-state index contributed by atoms with van der Waals surface area (Å²) in [4.78, 5) is 24.7. The first-order valence-corrected chi connectivity index (χ1v) is 7.65. The molecule has 3 rings (SSSR count). The first kappa shape index (κ1) is 14.1. The van der Waals surface area contributed by atoms with E-state index in [1.165, 1.54) is 19.3 Å². The van der Waals surface area contributed by atoms with Crippen molar-refractivity contribution in [1.82, 2.24) is 9.97 Å². The normalized spacial score (nSPS) is 26.1. The van der Waals surface area contributed by atoms with Crippen LogP contribution in [0, 0.1) is 5.41 Å². The monoisotopic (exact) mass is 290 g/mol. The van der Waals surface area contributed by atoms with Gasteiger partial charge in [0, 0.05) is 32.4 Å². The quantitative estimate of drug-likeness (QED) is 0.915. The molecule has 0 saturated carbocycles. The van der Waals surface area contributed by atoms with Crippen molar-refractivity contribution in [3.05, 3.63) is 12.3 Å². The molecular weight excluding hydrogens is 268 g/mol. The van der Waals surface area contributed by atoms with Crippen LogP contribution in [0.15, 0.2) is 12.3 Å². The fraction of sp³-hybridized carbons (Fsp3) is 0.667. The molecule has 1 atom stereocenters. The van der Waals surface area contributed by atoms with Crippen molar-refractivity contribution < 1.29 is 9.90 Å². The molecule has 6 heteroatoms. The van der Waals surface area contributed by atoms with E-state index in [9.17, 15) is 9.90 Å². The molecule has 21 heavy (non-hydrogen) atoms. The van der Waals surface area contributed by atoms with Gasteiger partial charge < -0.3 is 14.9 Å². The predicted molar refractivity (Wildman–Crippen MR) is 80.7 cm³/mol. The second-order valence-electron chi connectivity index (χ2n) is 6.30. The second kappa shape index (κ2) is 5.50. The van der Waals surface area contributed by atoms with Crippen molar-refractivity contribution in [3.63, 3.8) is 0 Å². The Morgan fingerprint density at radius 3 is 2.67 bits per heavy atom. The lowest BCUT2D eigenvalue weighted by Gasteiger charge is -2.28. The van der Waals surface area contributed by atoms with E-state index in [0.717, 1.165) is 31.4 Å². The van der Waals surface area contributed by atoms with Crippen LogP contribution in [0.25, 0.3) is 0 Å². The lowest BCUT2D eigenvalue weighted by Crippen LogP contribution is -2.33. The summed E-state index contributed by atoms with van der Waals surface area (Å²) in [6.45, 7) is 5.08. The van der Waals surface area contributed by atoms with Crippen molar-refractivity contribution in [1.29, 1.82) is 0 Å². The number of carboxylic acids is 1. The van der Waals surface area contributed by atoms with Crippen LogP contribution >= 0.6 is 0 Å². The molecule has 0 bridgehead atoms. The van der Waals surface area contributed by atoms with Gasteiger partial charge in [-0.25, -0.2) is 4.98 Å². The van der Waals surface area contributed by atoms with Crippen LogP contribution in [-0.4, -0.2) is 47.2 Å². The SMILES string of the molecule is CC1(C(=O)O)CCN(c2ccnc(N3CCCCC3)n2)C1. The summed E-state index contributed by atoms with van der Waals surface area (Å²) in [5, 5.41) is 9.33. The Balaban J connectivity index is 1.76. The number of rotatable bonds is 3. The third-order valence-corrected chi connectivity index (χ3v) is 4.58. The number of nitrogens with zero attached hydrogens (tertiary/aromatic N) is 4. The summed E-state index contributed by atoms with van der Waals surface area (Å²) in [6, 6.07) is 1.88. The van der Waals surface area contributed by atoms with Crippen LogP contribution in [-0.2, 0) is 4.79 Å². The van der Waals surface area contributed by atoms with Crippen LogP contribution in [0.4, 0.5) is 11.8 Å². The van der Waals surface area contributed by atoms with E-state index in [2.05, 4.69) is 19.8 Å². The second-order valence-corrected chi connectivity index (χ2v) is 6.30. The summed E-state index contributed by atoms with van der Waals surface area (Å²) in [5.74, 6) is 0.891. The van der Waals surface area contributed by atoms with Gasteiger partial charge in [-0.15, -0.1) is 0 Å². The van der Waals surface area contributed by atoms with Crippen molar-refractivity contribution in [3.8, 4) is 0 Å². The molecule has 2 saturated heterocycles. The molecule has 1 N–H and O–H groups in total. The minimum Gasteiger partial charge on any atom is -0.481 e. The van der Waals surface area contributed by atoms with E-state index >= 15 is 0 Å². The molecule has 1 aromatic heterocycles. The maximum absolute atomic E-state index is 11.3. The number of aromatic nitrogens is 2. The highest BCUT2D eigenvalue weighted by molar-refractivity contribution is 5.76. The van der Waals surface area contributed by atoms with Crippen LogP contribution < -0.4 is 9.80 Å². The number of aliphatic carboxylic acids is 1. The van der Waals surface area contributed by atoms with Gasteiger partial charge in [-0.2, -0.15) is 4.98 Å². The van der Waals surface area contributed by atoms with Gasteiger partial charge in [-0.1, -0.05) is 0 Å². The minimum absolute atomic E-state index is 0.513. The van der Waals surface area contributed by atoms with E-state index < -0.39 is 11.4 Å². The Morgan fingerprint density at radius 1 is 1.24 bits per heavy atom. The first-order valence-electron chi connectivity index (χ1n) is 7.65. The average Bonchev–Trinajstić information content (AvgIpc) is 2.92. The Labute approximate surface area is 124 Å². The lowest BCUT2D eigenvalue weighted by atomic mass is 9.90. The molecule has 2 fully saturated rings. The van der Waals surface area contributed by atoms with Gasteiger partial charge in [0.2, 0.25) is 5.95 Å². The van der Waals surface area contributed by atoms with Gasteiger partial charge in [0.1, 0.15) is 5.82 Å². The highest BCUT2D eigenvalue weighted by atomic mass is 16.4. The smallest absolute Gasteiger partial charge is 0.311 e. The summed E-state index contributed by atoms with van der Waals surface area (Å²) in [5.41, 5.74) is -0.670. The van der Waals surface area contributed by atoms with Gasteiger partial charge in [0.05, 0.1) is 5.41 Å². The fourth-order valence-electron chi connectivity index (χ4n) is 3.09. The molecule has 0 radical (unpaired) electrons. The molecular formula is C15H22N4O2. The Bertz CT molecular complexity index is 530. The topological polar surface area (TPSA) is 69.6 Å². The van der Waals surface area contributed by atoms with Crippen molar-refractivity contribution in [2.45, 2.75) is 32.6 Å². The Kier molecular flexibility index (Phi) is 3.69. The van der Waals surface area contributed by atoms with E-state index in [4.69, 9.17) is 0 Å². The first-order chi connectivity index (χ1) is 10.1. The molecule has 114 valence electrons. The van der Waals surface area contributed by atoms with Crippen molar-refractivity contribution >= 4 is 17.7 Å². The van der Waals surface area contributed by atoms with Crippen LogP contribution in [0.3, 0.4) is 0 Å². The van der Waals surface area contributed by atoms with Gasteiger partial charge in [0.25, 0.3) is 0 Å². The molecule has 0 spiro atoms. The van der Waals surface area contributed by atoms with Crippen molar-refractivity contribution in [2.75, 3.05) is 36.0 Å². The fourth-order valence-corrected chi connectivity index (χ4v) is 3.09. The summed E-state index contributed by atoms with van der Waals surface area (Å²) >= 11 is 0. The zero-order valence-corrected chi connectivity index (χ0v) is 12.5. The largest absolute Gasteiger partial charge is 0.481 e. The van der Waals surface area contributed by atoms with Crippen LogP contribution in [0.5, 0.6) is 0 Å². The van der Waals surface area contributed by atoms with E-state index in [-0.39, 0.29) is 0 Å². The number of hydrogen-bond donors (Lipinski definition) is 1. The average molecular weight is 290 g/mol. The van der Waals surface area contributed by atoms with Crippen molar-refractivity contribution in [2.24, 2.45) is 5.41 Å². The predicted octanol–water partition coefficient (Wildman–Crippen LogP) is 1.77. The number of anilines is 2. The standard InChI is InChI=1S/C15H22N4O2/c1-15(13(20)21)6-10-19(11-15)12-5-7-16-14(17-12)18-8-3-2-4-9-18/h5,7H,2-4,6,8-11H2,1H3,(H,20,21). The third kappa shape index (κ3) is 2.80. The van der Waals surface area contributed by atoms with Gasteiger partial charge in [-0.05, 0) is 38.7 Å². The summed E-state index contributed by atoms with van der Waals surface area (Å²) < 4.78 is 0. The molecule has 0 aliphatic carbocycles. The van der Waals surface area contributed by atoms with Crippen LogP contribution in [0.2, 0.25) is 0 Å². The lowest BCUT2D eigenvalue weighted by molar-refractivity contribution is -0.146. The Morgan fingerprint density at radius 2 is 2.00 bits per heavy atom. The molecule has 1 aromatic rings. The molecule has 6 nitrogen and oxygen atoms in total.